The summed E-state index contributed by atoms with van der Waals surface area (Å²) in [5.41, 5.74) is 0.291. The maximum atomic E-state index is 12.1. The van der Waals surface area contributed by atoms with E-state index in [1.54, 1.807) is 0 Å². The van der Waals surface area contributed by atoms with Crippen molar-refractivity contribution in [3.05, 3.63) is 39.9 Å². The van der Waals surface area contributed by atoms with Crippen molar-refractivity contribution in [1.82, 2.24) is 5.32 Å². The summed E-state index contributed by atoms with van der Waals surface area (Å²) in [5.74, 6) is -0.0301. The smallest absolute Gasteiger partial charge is 0.338 e. The molecule has 0 aliphatic carbocycles. The Morgan fingerprint density at radius 1 is 1.20 bits per heavy atom. The van der Waals surface area contributed by atoms with Crippen LogP contribution in [0.1, 0.15) is 63.2 Å². The number of nitro benzene ring substituents is 1. The molecule has 0 unspecified atom stereocenters. The van der Waals surface area contributed by atoms with Gasteiger partial charge in [0.1, 0.15) is 6.61 Å². The van der Waals surface area contributed by atoms with Gasteiger partial charge in [0.05, 0.1) is 10.5 Å². The largest absolute Gasteiger partial charge is 0.460 e. The number of hydrogen-bond donors (Lipinski definition) is 1. The third kappa shape index (κ3) is 7.65. The number of carbonyl (C=O) groups is 1. The third-order valence-corrected chi connectivity index (χ3v) is 4.37. The zero-order valence-corrected chi connectivity index (χ0v) is 15.5. The molecule has 0 spiro atoms. The second-order valence-corrected chi connectivity index (χ2v) is 6.39. The average molecular weight is 350 g/mol. The lowest BCUT2D eigenvalue weighted by molar-refractivity contribution is -0.384. The average Bonchev–Trinajstić information content (AvgIpc) is 2.61. The van der Waals surface area contributed by atoms with E-state index in [-0.39, 0.29) is 11.7 Å². The Morgan fingerprint density at radius 2 is 1.88 bits per heavy atom. The third-order valence-electron chi connectivity index (χ3n) is 4.37. The molecule has 0 saturated heterocycles. The summed E-state index contributed by atoms with van der Waals surface area (Å²) in [4.78, 5) is 22.3. The first-order chi connectivity index (χ1) is 12.0. The van der Waals surface area contributed by atoms with Gasteiger partial charge in [-0.05, 0) is 31.0 Å². The standard InChI is InChI=1S/C19H30N2O4/c1-4-6-7-8-9-15(3)18(20-5-2)14-25-19(22)16-10-12-17(13-11-16)21(23)24/h10-13,15,18,20H,4-9,14H2,1-3H3/t15-,18+/m0/s1. The highest BCUT2D eigenvalue weighted by Gasteiger charge is 2.19. The van der Waals surface area contributed by atoms with Gasteiger partial charge in [0.15, 0.2) is 0 Å². The van der Waals surface area contributed by atoms with Gasteiger partial charge in [-0.15, -0.1) is 0 Å². The highest BCUT2D eigenvalue weighted by Crippen LogP contribution is 2.16. The number of nitrogens with one attached hydrogen (secondary N) is 1. The van der Waals surface area contributed by atoms with Crippen LogP contribution in [0.4, 0.5) is 5.69 Å². The number of nitrogens with zero attached hydrogens (tertiary/aromatic N) is 1. The minimum absolute atomic E-state index is 0.0391. The molecule has 1 aromatic rings. The van der Waals surface area contributed by atoms with Crippen molar-refractivity contribution in [3.8, 4) is 0 Å². The Balaban J connectivity index is 2.51. The van der Waals surface area contributed by atoms with E-state index >= 15 is 0 Å². The molecule has 0 aromatic heterocycles. The van der Waals surface area contributed by atoms with Crippen LogP contribution in [0.5, 0.6) is 0 Å². The maximum Gasteiger partial charge on any atom is 0.338 e. The molecular formula is C19H30N2O4. The Kier molecular flexibility index (Phi) is 9.77. The molecule has 0 heterocycles. The van der Waals surface area contributed by atoms with Gasteiger partial charge in [-0.25, -0.2) is 4.79 Å². The molecule has 0 amide bonds. The van der Waals surface area contributed by atoms with Crippen LogP contribution in [0.2, 0.25) is 0 Å². The zero-order valence-electron chi connectivity index (χ0n) is 15.5. The van der Waals surface area contributed by atoms with Crippen molar-refractivity contribution >= 4 is 11.7 Å². The van der Waals surface area contributed by atoms with Gasteiger partial charge in [0.25, 0.3) is 5.69 Å². The molecule has 2 atom stereocenters. The molecule has 0 radical (unpaired) electrons. The lowest BCUT2D eigenvalue weighted by Crippen LogP contribution is -2.39. The number of benzene rings is 1. The molecule has 1 N–H and O–H groups in total. The Hall–Kier alpha value is -1.95. The van der Waals surface area contributed by atoms with Crippen LogP contribution in [0.15, 0.2) is 24.3 Å². The molecule has 0 saturated carbocycles. The van der Waals surface area contributed by atoms with Crippen LogP contribution < -0.4 is 5.32 Å². The maximum absolute atomic E-state index is 12.1. The van der Waals surface area contributed by atoms with Gasteiger partial charge in [-0.3, -0.25) is 10.1 Å². The summed E-state index contributed by atoms with van der Waals surface area (Å²) in [5, 5.41) is 14.0. The van der Waals surface area contributed by atoms with Crippen LogP contribution in [0, 0.1) is 16.0 Å². The normalized spacial score (nSPS) is 13.2. The summed E-state index contributed by atoms with van der Waals surface area (Å²) in [6, 6.07) is 5.60. The number of carbonyl (C=O) groups excluding carboxylic acids is 1. The SMILES string of the molecule is CCCCCC[C@H](C)[C@@H](COC(=O)c1ccc([N+](=O)[O-])cc1)NCC. The van der Waals surface area contributed by atoms with Gasteiger partial charge >= 0.3 is 5.97 Å². The molecule has 140 valence electrons. The quantitative estimate of drug-likeness (QED) is 0.262. The summed E-state index contributed by atoms with van der Waals surface area (Å²) in [7, 11) is 0. The van der Waals surface area contributed by atoms with Gasteiger partial charge in [0.2, 0.25) is 0 Å². The number of unbranched alkanes of at least 4 members (excludes halogenated alkanes) is 3. The summed E-state index contributed by atoms with van der Waals surface area (Å²) < 4.78 is 5.42. The zero-order chi connectivity index (χ0) is 18.7. The second-order valence-electron chi connectivity index (χ2n) is 6.39. The molecule has 1 aromatic carbocycles. The van der Waals surface area contributed by atoms with Gasteiger partial charge < -0.3 is 10.1 Å². The molecule has 1 rings (SSSR count). The first kappa shape index (κ1) is 21.1. The monoisotopic (exact) mass is 350 g/mol. The minimum atomic E-state index is -0.490. The van der Waals surface area contributed by atoms with Crippen molar-refractivity contribution in [2.45, 2.75) is 58.9 Å². The first-order valence-corrected chi connectivity index (χ1v) is 9.14. The van der Waals surface area contributed by atoms with E-state index in [2.05, 4.69) is 19.2 Å². The number of hydrogen-bond acceptors (Lipinski definition) is 5. The van der Waals surface area contributed by atoms with Crippen LogP contribution in [-0.4, -0.2) is 30.1 Å². The fraction of sp³-hybridized carbons (Fsp3) is 0.632. The van der Waals surface area contributed by atoms with Crippen molar-refractivity contribution in [2.75, 3.05) is 13.2 Å². The number of non-ortho nitro benzene ring substituents is 1. The molecule has 6 nitrogen and oxygen atoms in total. The predicted molar refractivity (Wildman–Crippen MR) is 98.8 cm³/mol. The van der Waals surface area contributed by atoms with Gasteiger partial charge in [-0.1, -0.05) is 46.5 Å². The van der Waals surface area contributed by atoms with Crippen LogP contribution in [0.3, 0.4) is 0 Å². The van der Waals surface area contributed by atoms with Crippen LogP contribution in [-0.2, 0) is 4.74 Å². The van der Waals surface area contributed by atoms with E-state index in [9.17, 15) is 14.9 Å². The molecule has 0 fully saturated rings. The topological polar surface area (TPSA) is 81.5 Å². The second kappa shape index (κ2) is 11.6. The fourth-order valence-electron chi connectivity index (χ4n) is 2.75. The highest BCUT2D eigenvalue weighted by atomic mass is 16.6. The van der Waals surface area contributed by atoms with Crippen molar-refractivity contribution in [2.24, 2.45) is 5.92 Å². The molecule has 25 heavy (non-hydrogen) atoms. The van der Waals surface area contributed by atoms with Crippen molar-refractivity contribution < 1.29 is 14.5 Å². The molecule has 0 bridgehead atoms. The van der Waals surface area contributed by atoms with E-state index in [0.717, 1.165) is 13.0 Å². The lowest BCUT2D eigenvalue weighted by Gasteiger charge is -2.24. The number of esters is 1. The Bertz CT molecular complexity index is 531. The van der Waals surface area contributed by atoms with E-state index in [4.69, 9.17) is 4.74 Å². The summed E-state index contributed by atoms with van der Waals surface area (Å²) >= 11 is 0. The predicted octanol–water partition coefficient (Wildman–Crippen LogP) is 4.34. The van der Waals surface area contributed by atoms with Gasteiger partial charge in [0, 0.05) is 18.2 Å². The fourth-order valence-corrected chi connectivity index (χ4v) is 2.75. The van der Waals surface area contributed by atoms with Crippen molar-refractivity contribution in [1.29, 1.82) is 0 Å². The van der Waals surface area contributed by atoms with Gasteiger partial charge in [-0.2, -0.15) is 0 Å². The first-order valence-electron chi connectivity index (χ1n) is 9.14. The molecule has 0 aliphatic rings. The van der Waals surface area contributed by atoms with E-state index in [1.807, 2.05) is 6.92 Å². The van der Waals surface area contributed by atoms with E-state index in [0.29, 0.717) is 18.1 Å². The summed E-state index contributed by atoms with van der Waals surface area (Å²) in [6.45, 7) is 7.54. The number of ether oxygens (including phenoxy) is 1. The highest BCUT2D eigenvalue weighted by molar-refractivity contribution is 5.89. The van der Waals surface area contributed by atoms with Crippen LogP contribution >= 0.6 is 0 Å². The summed E-state index contributed by atoms with van der Waals surface area (Å²) in [6.07, 6.45) is 6.01. The van der Waals surface area contributed by atoms with E-state index < -0.39 is 10.9 Å². The van der Waals surface area contributed by atoms with Crippen LogP contribution in [0.25, 0.3) is 0 Å². The molecule has 0 aliphatic heterocycles. The Labute approximate surface area is 150 Å². The number of nitro groups is 1. The lowest BCUT2D eigenvalue weighted by atomic mass is 9.95. The molecular weight excluding hydrogens is 320 g/mol. The molecule has 6 heteroatoms. The Morgan fingerprint density at radius 3 is 2.44 bits per heavy atom. The van der Waals surface area contributed by atoms with E-state index in [1.165, 1.54) is 49.9 Å². The number of rotatable bonds is 12. The minimum Gasteiger partial charge on any atom is -0.460 e. The number of likely N-dealkylation sites (N-methyl/N-ethyl adjacent to an activating group) is 1. The van der Waals surface area contributed by atoms with Crippen molar-refractivity contribution in [3.63, 3.8) is 0 Å².